The van der Waals surface area contributed by atoms with Crippen molar-refractivity contribution in [1.82, 2.24) is 5.32 Å². The van der Waals surface area contributed by atoms with Gasteiger partial charge in [-0.2, -0.15) is 0 Å². The molecule has 0 aliphatic carbocycles. The fourth-order valence-corrected chi connectivity index (χ4v) is 1.02. The van der Waals surface area contributed by atoms with Crippen LogP contribution >= 0.6 is 0 Å². The minimum atomic E-state index is -0.803. The molecule has 5 nitrogen and oxygen atoms in total. The van der Waals surface area contributed by atoms with Crippen molar-refractivity contribution in [3.8, 4) is 0 Å². The normalized spacial score (nSPS) is 17.3. The van der Waals surface area contributed by atoms with Gasteiger partial charge in [0.25, 0.3) is 0 Å². The second-order valence-electron chi connectivity index (χ2n) is 2.48. The minimum Gasteiger partial charge on any atom is -0.409 e. The van der Waals surface area contributed by atoms with Gasteiger partial charge >= 0.3 is 0 Å². The van der Waals surface area contributed by atoms with E-state index in [0.29, 0.717) is 12.3 Å². The summed E-state index contributed by atoms with van der Waals surface area (Å²) in [6.45, 7) is 2.37. The second kappa shape index (κ2) is 5.96. The molecule has 0 aromatic rings. The average Bonchev–Trinajstić information content (AvgIpc) is 2.02. The standard InChI is InChI=1S/C6H15N3O2S/c1-5(6(7)9-10)8-3-4-12(2)11/h5,8,10H,3-4H2,1-2H3,(H2,7,9). The molecule has 12 heavy (non-hydrogen) atoms. The highest BCUT2D eigenvalue weighted by Gasteiger charge is 2.05. The molecule has 0 saturated carbocycles. The van der Waals surface area contributed by atoms with E-state index in [2.05, 4.69) is 10.5 Å². The van der Waals surface area contributed by atoms with Crippen molar-refractivity contribution in [2.24, 2.45) is 10.9 Å². The monoisotopic (exact) mass is 193 g/mol. The Bertz CT molecular complexity index is 184. The fraction of sp³-hybridized carbons (Fsp3) is 0.833. The largest absolute Gasteiger partial charge is 0.409 e. The summed E-state index contributed by atoms with van der Waals surface area (Å²) in [6.07, 6.45) is 1.63. The highest BCUT2D eigenvalue weighted by Crippen LogP contribution is 1.81. The van der Waals surface area contributed by atoms with Gasteiger partial charge in [0.2, 0.25) is 0 Å². The molecule has 0 bridgehead atoms. The minimum absolute atomic E-state index is 0.136. The molecule has 4 N–H and O–H groups in total. The van der Waals surface area contributed by atoms with Crippen molar-refractivity contribution in [2.75, 3.05) is 18.6 Å². The Hall–Kier alpha value is -0.620. The van der Waals surface area contributed by atoms with E-state index in [-0.39, 0.29) is 11.9 Å². The number of nitrogens with one attached hydrogen (secondary N) is 1. The van der Waals surface area contributed by atoms with Crippen LogP contribution in [0.25, 0.3) is 0 Å². The van der Waals surface area contributed by atoms with Crippen molar-refractivity contribution in [3.63, 3.8) is 0 Å². The summed E-state index contributed by atoms with van der Waals surface area (Å²) >= 11 is 0. The molecule has 0 amide bonds. The third-order valence-electron chi connectivity index (χ3n) is 1.40. The predicted octanol–water partition coefficient (Wildman–Crippen LogP) is -0.911. The maximum absolute atomic E-state index is 10.6. The van der Waals surface area contributed by atoms with Gasteiger partial charge in [0.05, 0.1) is 6.04 Å². The fourth-order valence-electron chi connectivity index (χ4n) is 0.610. The summed E-state index contributed by atoms with van der Waals surface area (Å²) in [5.74, 6) is 0.708. The summed E-state index contributed by atoms with van der Waals surface area (Å²) in [5, 5.41) is 14.1. The van der Waals surface area contributed by atoms with Crippen molar-refractivity contribution < 1.29 is 9.42 Å². The van der Waals surface area contributed by atoms with E-state index < -0.39 is 10.8 Å². The Kier molecular flexibility index (Phi) is 5.65. The van der Waals surface area contributed by atoms with Crippen LogP contribution in [0.5, 0.6) is 0 Å². The Morgan fingerprint density at radius 3 is 2.83 bits per heavy atom. The van der Waals surface area contributed by atoms with Crippen LogP contribution in [0.15, 0.2) is 5.16 Å². The number of amidine groups is 1. The van der Waals surface area contributed by atoms with Crippen LogP contribution < -0.4 is 11.1 Å². The van der Waals surface area contributed by atoms with Gasteiger partial charge in [-0.15, -0.1) is 0 Å². The van der Waals surface area contributed by atoms with Gasteiger partial charge in [-0.25, -0.2) is 0 Å². The molecule has 2 unspecified atom stereocenters. The van der Waals surface area contributed by atoms with Gasteiger partial charge in [-0.05, 0) is 6.92 Å². The lowest BCUT2D eigenvalue weighted by molar-refractivity contribution is 0.315. The van der Waals surface area contributed by atoms with Crippen LogP contribution in [-0.2, 0) is 10.8 Å². The molecule has 0 fully saturated rings. The highest BCUT2D eigenvalue weighted by molar-refractivity contribution is 7.84. The quantitative estimate of drug-likeness (QED) is 0.228. The first-order valence-electron chi connectivity index (χ1n) is 3.58. The van der Waals surface area contributed by atoms with Crippen LogP contribution in [0, 0.1) is 0 Å². The lowest BCUT2D eigenvalue weighted by atomic mass is 10.3. The lowest BCUT2D eigenvalue weighted by Gasteiger charge is -2.10. The molecule has 0 aromatic carbocycles. The molecule has 6 heteroatoms. The van der Waals surface area contributed by atoms with E-state index in [0.717, 1.165) is 0 Å². The van der Waals surface area contributed by atoms with E-state index in [1.165, 1.54) is 0 Å². The third-order valence-corrected chi connectivity index (χ3v) is 2.18. The van der Waals surface area contributed by atoms with Crippen LogP contribution in [0.4, 0.5) is 0 Å². The molecule has 0 aliphatic rings. The van der Waals surface area contributed by atoms with Gasteiger partial charge in [0.15, 0.2) is 5.84 Å². The number of oxime groups is 1. The van der Waals surface area contributed by atoms with E-state index in [4.69, 9.17) is 10.9 Å². The zero-order valence-corrected chi connectivity index (χ0v) is 8.10. The zero-order valence-electron chi connectivity index (χ0n) is 7.28. The molecule has 0 spiro atoms. The maximum Gasteiger partial charge on any atom is 0.156 e. The number of nitrogens with zero attached hydrogens (tertiary/aromatic N) is 1. The molecule has 72 valence electrons. The van der Waals surface area contributed by atoms with Crippen LogP contribution in [0.1, 0.15) is 6.92 Å². The first-order valence-corrected chi connectivity index (χ1v) is 5.31. The van der Waals surface area contributed by atoms with E-state index in [9.17, 15) is 4.21 Å². The second-order valence-corrected chi connectivity index (χ2v) is 4.03. The third kappa shape index (κ3) is 5.09. The van der Waals surface area contributed by atoms with Crippen LogP contribution in [0.2, 0.25) is 0 Å². The van der Waals surface area contributed by atoms with Crippen LogP contribution in [0.3, 0.4) is 0 Å². The van der Waals surface area contributed by atoms with Crippen molar-refractivity contribution >= 4 is 16.6 Å². The number of hydrogen-bond acceptors (Lipinski definition) is 4. The number of rotatable bonds is 5. The molecule has 0 radical (unpaired) electrons. The van der Waals surface area contributed by atoms with Crippen LogP contribution in [-0.4, -0.2) is 39.8 Å². The summed E-state index contributed by atoms with van der Waals surface area (Å²) in [5.41, 5.74) is 5.29. The number of nitrogens with two attached hydrogens (primary N) is 1. The van der Waals surface area contributed by atoms with Gasteiger partial charge in [0.1, 0.15) is 0 Å². The Balaban J connectivity index is 3.57. The molecular formula is C6H15N3O2S. The molecule has 0 aromatic heterocycles. The summed E-state index contributed by atoms with van der Waals surface area (Å²) in [6, 6.07) is -0.182. The summed E-state index contributed by atoms with van der Waals surface area (Å²) in [4.78, 5) is 0. The van der Waals surface area contributed by atoms with Gasteiger partial charge in [-0.3, -0.25) is 4.21 Å². The molecule has 0 aliphatic heterocycles. The van der Waals surface area contributed by atoms with Gasteiger partial charge < -0.3 is 16.3 Å². The lowest BCUT2D eigenvalue weighted by Crippen LogP contribution is -2.40. The topological polar surface area (TPSA) is 87.7 Å². The van der Waals surface area contributed by atoms with Crippen molar-refractivity contribution in [3.05, 3.63) is 0 Å². The van der Waals surface area contributed by atoms with Crippen molar-refractivity contribution in [1.29, 1.82) is 0 Å². The van der Waals surface area contributed by atoms with E-state index in [1.807, 2.05) is 0 Å². The highest BCUT2D eigenvalue weighted by atomic mass is 32.2. The summed E-state index contributed by atoms with van der Waals surface area (Å²) in [7, 11) is -0.803. The molecular weight excluding hydrogens is 178 g/mol. The molecule has 0 heterocycles. The first kappa shape index (κ1) is 11.4. The Labute approximate surface area is 74.5 Å². The van der Waals surface area contributed by atoms with E-state index in [1.54, 1.807) is 13.2 Å². The van der Waals surface area contributed by atoms with E-state index >= 15 is 0 Å². The van der Waals surface area contributed by atoms with Gasteiger partial charge in [0, 0.05) is 29.4 Å². The molecule has 0 rings (SSSR count). The van der Waals surface area contributed by atoms with Crippen molar-refractivity contribution in [2.45, 2.75) is 13.0 Å². The average molecular weight is 193 g/mol. The molecule has 2 atom stereocenters. The zero-order chi connectivity index (χ0) is 9.56. The Morgan fingerprint density at radius 1 is 1.83 bits per heavy atom. The Morgan fingerprint density at radius 2 is 2.42 bits per heavy atom. The molecule has 0 saturated heterocycles. The number of hydrogen-bond donors (Lipinski definition) is 3. The SMILES string of the molecule is CC(NCCS(C)=O)C(N)=NO. The summed E-state index contributed by atoms with van der Waals surface area (Å²) < 4.78 is 10.6. The maximum atomic E-state index is 10.6. The van der Waals surface area contributed by atoms with Gasteiger partial charge in [-0.1, -0.05) is 5.16 Å². The smallest absolute Gasteiger partial charge is 0.156 e. The first-order chi connectivity index (χ1) is 5.57. The predicted molar refractivity (Wildman–Crippen MR) is 49.8 cm³/mol.